The first-order chi connectivity index (χ1) is 9.14. The Morgan fingerprint density at radius 2 is 2.21 bits per heavy atom. The SMILES string of the molecule is C=CCCOCCNS(=O)(=O)CCC1CCCCN1. The molecule has 1 rings (SSSR count). The first kappa shape index (κ1) is 16.6. The summed E-state index contributed by atoms with van der Waals surface area (Å²) in [6, 6.07) is 0.356. The summed E-state index contributed by atoms with van der Waals surface area (Å²) in [6.45, 7) is 5.95. The van der Waals surface area contributed by atoms with E-state index in [1.165, 1.54) is 12.8 Å². The van der Waals surface area contributed by atoms with Crippen molar-refractivity contribution in [1.82, 2.24) is 10.0 Å². The molecule has 6 heteroatoms. The van der Waals surface area contributed by atoms with Crippen LogP contribution in [0.25, 0.3) is 0 Å². The van der Waals surface area contributed by atoms with Crippen molar-refractivity contribution < 1.29 is 13.2 Å². The molecule has 1 atom stereocenters. The molecule has 0 spiro atoms. The quantitative estimate of drug-likeness (QED) is 0.466. The number of nitrogens with one attached hydrogen (secondary N) is 2. The topological polar surface area (TPSA) is 67.4 Å². The largest absolute Gasteiger partial charge is 0.380 e. The Kier molecular flexibility index (Phi) is 8.29. The molecule has 0 radical (unpaired) electrons. The van der Waals surface area contributed by atoms with Gasteiger partial charge in [0.25, 0.3) is 0 Å². The lowest BCUT2D eigenvalue weighted by molar-refractivity contribution is 0.144. The van der Waals surface area contributed by atoms with Gasteiger partial charge in [0.1, 0.15) is 0 Å². The fraction of sp³-hybridized carbons (Fsp3) is 0.846. The molecule has 0 aromatic heterocycles. The summed E-state index contributed by atoms with van der Waals surface area (Å²) >= 11 is 0. The van der Waals surface area contributed by atoms with Crippen LogP contribution in [0.2, 0.25) is 0 Å². The summed E-state index contributed by atoms with van der Waals surface area (Å²) in [5.41, 5.74) is 0. The summed E-state index contributed by atoms with van der Waals surface area (Å²) in [6.07, 6.45) is 6.74. The average molecular weight is 290 g/mol. The van der Waals surface area contributed by atoms with Gasteiger partial charge in [0.05, 0.1) is 19.0 Å². The van der Waals surface area contributed by atoms with E-state index in [1.54, 1.807) is 6.08 Å². The van der Waals surface area contributed by atoms with Crippen LogP contribution in [0.15, 0.2) is 12.7 Å². The number of hydrogen-bond acceptors (Lipinski definition) is 4. The second-order valence-electron chi connectivity index (χ2n) is 4.84. The van der Waals surface area contributed by atoms with Crippen LogP contribution in [-0.4, -0.2) is 46.5 Å². The normalized spacial score (nSPS) is 20.3. The molecule has 19 heavy (non-hydrogen) atoms. The molecule has 1 aliphatic heterocycles. The van der Waals surface area contributed by atoms with E-state index in [4.69, 9.17) is 4.74 Å². The van der Waals surface area contributed by atoms with Crippen molar-refractivity contribution in [2.24, 2.45) is 0 Å². The Balaban J connectivity index is 2.08. The van der Waals surface area contributed by atoms with Crippen LogP contribution in [0.5, 0.6) is 0 Å². The van der Waals surface area contributed by atoms with E-state index < -0.39 is 10.0 Å². The van der Waals surface area contributed by atoms with Gasteiger partial charge in [0, 0.05) is 12.6 Å². The number of hydrogen-bond donors (Lipinski definition) is 2. The first-order valence-electron chi connectivity index (χ1n) is 7.03. The molecule has 0 aromatic rings. The maximum absolute atomic E-state index is 11.8. The van der Waals surface area contributed by atoms with Crippen molar-refractivity contribution in [2.75, 3.05) is 32.1 Å². The smallest absolute Gasteiger partial charge is 0.211 e. The van der Waals surface area contributed by atoms with Crippen molar-refractivity contribution >= 4 is 10.0 Å². The molecule has 1 unspecified atom stereocenters. The minimum atomic E-state index is -3.16. The minimum absolute atomic E-state index is 0.192. The molecule has 2 N–H and O–H groups in total. The lowest BCUT2D eigenvalue weighted by atomic mass is 10.0. The van der Waals surface area contributed by atoms with E-state index in [0.717, 1.165) is 19.4 Å². The van der Waals surface area contributed by atoms with E-state index in [0.29, 0.717) is 32.2 Å². The van der Waals surface area contributed by atoms with Gasteiger partial charge in [0.2, 0.25) is 10.0 Å². The number of rotatable bonds is 10. The second-order valence-corrected chi connectivity index (χ2v) is 6.76. The fourth-order valence-electron chi connectivity index (χ4n) is 2.08. The third-order valence-corrected chi connectivity index (χ3v) is 4.60. The fourth-order valence-corrected chi connectivity index (χ4v) is 3.21. The molecule has 1 aliphatic rings. The van der Waals surface area contributed by atoms with E-state index in [9.17, 15) is 8.42 Å². The Labute approximate surface area is 116 Å². The van der Waals surface area contributed by atoms with Crippen molar-refractivity contribution in [1.29, 1.82) is 0 Å². The van der Waals surface area contributed by atoms with Crippen LogP contribution in [0.4, 0.5) is 0 Å². The number of sulfonamides is 1. The van der Waals surface area contributed by atoms with Crippen LogP contribution in [0.1, 0.15) is 32.1 Å². The standard InChI is InChI=1S/C13H26N2O3S/c1-2-3-10-18-11-9-15-19(16,17)12-7-13-6-4-5-8-14-13/h2,13-15H,1,3-12H2. The molecule has 1 heterocycles. The van der Waals surface area contributed by atoms with Crippen LogP contribution in [0.3, 0.4) is 0 Å². The highest BCUT2D eigenvalue weighted by Gasteiger charge is 2.16. The van der Waals surface area contributed by atoms with Gasteiger partial charge in [-0.1, -0.05) is 12.5 Å². The van der Waals surface area contributed by atoms with Gasteiger partial charge in [-0.2, -0.15) is 0 Å². The summed E-state index contributed by atoms with van der Waals surface area (Å²) in [4.78, 5) is 0. The van der Waals surface area contributed by atoms with Crippen molar-refractivity contribution in [3.05, 3.63) is 12.7 Å². The Bertz CT molecular complexity index is 338. The van der Waals surface area contributed by atoms with E-state index in [1.807, 2.05) is 0 Å². The molecular formula is C13H26N2O3S. The first-order valence-corrected chi connectivity index (χ1v) is 8.68. The zero-order valence-electron chi connectivity index (χ0n) is 11.6. The molecule has 1 fully saturated rings. The lowest BCUT2D eigenvalue weighted by Gasteiger charge is -2.23. The highest BCUT2D eigenvalue weighted by atomic mass is 32.2. The predicted octanol–water partition coefficient (Wildman–Crippen LogP) is 1.03. The maximum Gasteiger partial charge on any atom is 0.211 e. The second kappa shape index (κ2) is 9.47. The molecule has 112 valence electrons. The molecule has 0 saturated carbocycles. The Morgan fingerprint density at radius 3 is 2.89 bits per heavy atom. The molecule has 0 amide bonds. The van der Waals surface area contributed by atoms with Gasteiger partial charge < -0.3 is 10.1 Å². The monoisotopic (exact) mass is 290 g/mol. The molecular weight excluding hydrogens is 264 g/mol. The van der Waals surface area contributed by atoms with Gasteiger partial charge in [0.15, 0.2) is 0 Å². The summed E-state index contributed by atoms with van der Waals surface area (Å²) in [5.74, 6) is 0.192. The van der Waals surface area contributed by atoms with Crippen LogP contribution in [-0.2, 0) is 14.8 Å². The van der Waals surface area contributed by atoms with Crippen molar-refractivity contribution in [3.8, 4) is 0 Å². The van der Waals surface area contributed by atoms with Gasteiger partial charge in [-0.15, -0.1) is 6.58 Å². The van der Waals surface area contributed by atoms with E-state index >= 15 is 0 Å². The van der Waals surface area contributed by atoms with E-state index in [-0.39, 0.29) is 5.75 Å². The summed E-state index contributed by atoms with van der Waals surface area (Å²) in [5, 5.41) is 3.36. The molecule has 0 bridgehead atoms. The molecule has 0 aromatic carbocycles. The zero-order chi connectivity index (χ0) is 14.0. The van der Waals surface area contributed by atoms with E-state index in [2.05, 4.69) is 16.6 Å². The molecule has 1 saturated heterocycles. The van der Waals surface area contributed by atoms with Gasteiger partial charge in [-0.25, -0.2) is 13.1 Å². The molecule has 0 aliphatic carbocycles. The molecule has 5 nitrogen and oxygen atoms in total. The van der Waals surface area contributed by atoms with Gasteiger partial charge >= 0.3 is 0 Å². The highest BCUT2D eigenvalue weighted by molar-refractivity contribution is 7.89. The minimum Gasteiger partial charge on any atom is -0.380 e. The maximum atomic E-state index is 11.8. The zero-order valence-corrected chi connectivity index (χ0v) is 12.4. The van der Waals surface area contributed by atoms with Crippen LogP contribution >= 0.6 is 0 Å². The Hall–Kier alpha value is -0.430. The third-order valence-electron chi connectivity index (χ3n) is 3.18. The summed E-state index contributed by atoms with van der Waals surface area (Å²) in [7, 11) is -3.16. The lowest BCUT2D eigenvalue weighted by Crippen LogP contribution is -2.37. The third kappa shape index (κ3) is 8.36. The Morgan fingerprint density at radius 1 is 1.37 bits per heavy atom. The van der Waals surface area contributed by atoms with Crippen molar-refractivity contribution in [3.63, 3.8) is 0 Å². The predicted molar refractivity (Wildman–Crippen MR) is 77.7 cm³/mol. The van der Waals surface area contributed by atoms with Gasteiger partial charge in [-0.3, -0.25) is 0 Å². The highest BCUT2D eigenvalue weighted by Crippen LogP contribution is 2.10. The average Bonchev–Trinajstić information content (AvgIpc) is 2.42. The number of piperidine rings is 1. The van der Waals surface area contributed by atoms with Crippen LogP contribution in [0, 0.1) is 0 Å². The van der Waals surface area contributed by atoms with Crippen molar-refractivity contribution in [2.45, 2.75) is 38.1 Å². The summed E-state index contributed by atoms with van der Waals surface area (Å²) < 4.78 is 31.3. The number of ether oxygens (including phenoxy) is 1. The van der Waals surface area contributed by atoms with Gasteiger partial charge in [-0.05, 0) is 32.2 Å². The van der Waals surface area contributed by atoms with Crippen LogP contribution < -0.4 is 10.0 Å².